The molecule has 1 aromatic heterocycles. The van der Waals surface area contributed by atoms with Crippen LogP contribution in [0.1, 0.15) is 23.1 Å². The van der Waals surface area contributed by atoms with Crippen LogP contribution in [-0.2, 0) is 4.74 Å². The third kappa shape index (κ3) is 2.57. The highest BCUT2D eigenvalue weighted by atomic mass is 16.5. The highest BCUT2D eigenvalue weighted by molar-refractivity contribution is 5.89. The molecule has 0 unspecified atom stereocenters. The molecule has 0 aliphatic rings. The fraction of sp³-hybridized carbons (Fsp3) is 0.308. The summed E-state index contributed by atoms with van der Waals surface area (Å²) in [6.45, 7) is 3.79. The second-order valence-corrected chi connectivity index (χ2v) is 3.85. The topological polar surface area (TPSA) is 66.2 Å². The van der Waals surface area contributed by atoms with Crippen molar-refractivity contribution in [3.8, 4) is 11.4 Å². The lowest BCUT2D eigenvalue weighted by Gasteiger charge is -2.07. The molecule has 0 aliphatic carbocycles. The molecule has 0 aliphatic heterocycles. The molecule has 6 nitrogen and oxygen atoms in total. The highest BCUT2D eigenvalue weighted by Gasteiger charge is 2.19. The van der Waals surface area contributed by atoms with Crippen LogP contribution in [0, 0.1) is 6.92 Å². The molecule has 0 radical (unpaired) electrons. The van der Waals surface area contributed by atoms with Crippen molar-refractivity contribution < 1.29 is 14.3 Å². The van der Waals surface area contributed by atoms with E-state index in [1.807, 2.05) is 0 Å². The first-order chi connectivity index (χ1) is 9.17. The van der Waals surface area contributed by atoms with Crippen molar-refractivity contribution in [2.45, 2.75) is 13.8 Å². The summed E-state index contributed by atoms with van der Waals surface area (Å²) in [5.74, 6) is 0.305. The quantitative estimate of drug-likeness (QED) is 0.784. The van der Waals surface area contributed by atoms with Gasteiger partial charge in [-0.1, -0.05) is 5.21 Å². The first kappa shape index (κ1) is 13.1. The molecule has 0 bridgehead atoms. The Balaban J connectivity index is 2.41. The van der Waals surface area contributed by atoms with E-state index in [1.165, 1.54) is 4.68 Å². The van der Waals surface area contributed by atoms with Crippen molar-refractivity contribution in [2.75, 3.05) is 13.7 Å². The molecule has 19 heavy (non-hydrogen) atoms. The van der Waals surface area contributed by atoms with Crippen LogP contribution in [0.25, 0.3) is 5.69 Å². The largest absolute Gasteiger partial charge is 0.497 e. The molecule has 0 saturated carbocycles. The Morgan fingerprint density at radius 3 is 2.58 bits per heavy atom. The van der Waals surface area contributed by atoms with Gasteiger partial charge in [0.15, 0.2) is 5.69 Å². The number of benzene rings is 1. The second-order valence-electron chi connectivity index (χ2n) is 3.85. The zero-order valence-electron chi connectivity index (χ0n) is 11.1. The van der Waals surface area contributed by atoms with E-state index < -0.39 is 5.97 Å². The van der Waals surface area contributed by atoms with Crippen molar-refractivity contribution in [3.05, 3.63) is 35.7 Å². The van der Waals surface area contributed by atoms with Gasteiger partial charge in [0.25, 0.3) is 0 Å². The number of aromatic nitrogens is 3. The van der Waals surface area contributed by atoms with Crippen LogP contribution in [0.4, 0.5) is 0 Å². The number of carbonyl (C=O) groups is 1. The molecule has 2 aromatic rings. The third-order valence-corrected chi connectivity index (χ3v) is 2.62. The fourth-order valence-corrected chi connectivity index (χ4v) is 1.69. The first-order valence-corrected chi connectivity index (χ1v) is 5.91. The van der Waals surface area contributed by atoms with E-state index in [0.717, 1.165) is 11.4 Å². The normalized spacial score (nSPS) is 10.3. The average Bonchev–Trinajstić information content (AvgIpc) is 2.81. The summed E-state index contributed by atoms with van der Waals surface area (Å²) in [6.07, 6.45) is 0. The molecular weight excluding hydrogens is 246 g/mol. The van der Waals surface area contributed by atoms with Crippen molar-refractivity contribution >= 4 is 5.97 Å². The Labute approximate surface area is 110 Å². The van der Waals surface area contributed by atoms with Gasteiger partial charge in [-0.05, 0) is 38.1 Å². The molecule has 0 spiro atoms. The Morgan fingerprint density at radius 2 is 2.00 bits per heavy atom. The number of hydrogen-bond acceptors (Lipinski definition) is 5. The number of methoxy groups -OCH3 is 1. The summed E-state index contributed by atoms with van der Waals surface area (Å²) in [7, 11) is 1.60. The molecule has 1 aromatic carbocycles. The Hall–Kier alpha value is -2.37. The van der Waals surface area contributed by atoms with E-state index in [4.69, 9.17) is 9.47 Å². The average molecular weight is 261 g/mol. The Kier molecular flexibility index (Phi) is 3.79. The molecule has 2 rings (SSSR count). The summed E-state index contributed by atoms with van der Waals surface area (Å²) in [5, 5.41) is 7.89. The molecule has 6 heteroatoms. The summed E-state index contributed by atoms with van der Waals surface area (Å²) in [5.41, 5.74) is 1.60. The van der Waals surface area contributed by atoms with Gasteiger partial charge in [0.05, 0.1) is 25.1 Å². The lowest BCUT2D eigenvalue weighted by atomic mass is 10.2. The maximum absolute atomic E-state index is 11.9. The monoisotopic (exact) mass is 261 g/mol. The van der Waals surface area contributed by atoms with Crippen molar-refractivity contribution in [2.24, 2.45) is 0 Å². The van der Waals surface area contributed by atoms with Crippen molar-refractivity contribution in [3.63, 3.8) is 0 Å². The highest BCUT2D eigenvalue weighted by Crippen LogP contribution is 2.17. The van der Waals surface area contributed by atoms with Gasteiger partial charge >= 0.3 is 5.97 Å². The maximum atomic E-state index is 11.9. The van der Waals surface area contributed by atoms with Crippen LogP contribution >= 0.6 is 0 Å². The molecule has 0 saturated heterocycles. The van der Waals surface area contributed by atoms with E-state index in [9.17, 15) is 4.79 Å². The summed E-state index contributed by atoms with van der Waals surface area (Å²) in [4.78, 5) is 11.9. The van der Waals surface area contributed by atoms with E-state index >= 15 is 0 Å². The van der Waals surface area contributed by atoms with Crippen LogP contribution in [-0.4, -0.2) is 34.7 Å². The Morgan fingerprint density at radius 1 is 1.32 bits per heavy atom. The second kappa shape index (κ2) is 5.51. The number of nitrogens with zero attached hydrogens (tertiary/aromatic N) is 3. The van der Waals surface area contributed by atoms with Gasteiger partial charge in [-0.15, -0.1) is 5.10 Å². The van der Waals surface area contributed by atoms with Crippen molar-refractivity contribution in [1.29, 1.82) is 0 Å². The van der Waals surface area contributed by atoms with Gasteiger partial charge < -0.3 is 9.47 Å². The molecule has 0 atom stereocenters. The van der Waals surface area contributed by atoms with Crippen molar-refractivity contribution in [1.82, 2.24) is 15.0 Å². The van der Waals surface area contributed by atoms with E-state index in [0.29, 0.717) is 18.0 Å². The zero-order valence-corrected chi connectivity index (χ0v) is 11.1. The summed E-state index contributed by atoms with van der Waals surface area (Å²) in [6, 6.07) is 7.19. The standard InChI is InChI=1S/C13H15N3O3/c1-4-19-13(17)12-9(2)14-15-16(12)10-5-7-11(18-3)8-6-10/h5-8H,4H2,1-3H3. The smallest absolute Gasteiger partial charge is 0.359 e. The first-order valence-electron chi connectivity index (χ1n) is 5.91. The molecular formula is C13H15N3O3. The minimum absolute atomic E-state index is 0.312. The number of esters is 1. The number of rotatable bonds is 4. The van der Waals surface area contributed by atoms with Crippen LogP contribution in [0.3, 0.4) is 0 Å². The minimum atomic E-state index is -0.430. The third-order valence-electron chi connectivity index (χ3n) is 2.62. The zero-order chi connectivity index (χ0) is 13.8. The lowest BCUT2D eigenvalue weighted by molar-refractivity contribution is 0.0515. The molecule has 100 valence electrons. The molecule has 0 amide bonds. The van der Waals surface area contributed by atoms with E-state index in [-0.39, 0.29) is 0 Å². The molecule has 0 fully saturated rings. The van der Waals surface area contributed by atoms with Gasteiger partial charge in [-0.25, -0.2) is 9.48 Å². The summed E-state index contributed by atoms with van der Waals surface area (Å²) >= 11 is 0. The van der Waals surface area contributed by atoms with Crippen LogP contribution in [0.2, 0.25) is 0 Å². The molecule has 1 heterocycles. The van der Waals surface area contributed by atoms with Gasteiger partial charge in [0.2, 0.25) is 0 Å². The number of ether oxygens (including phenoxy) is 2. The van der Waals surface area contributed by atoms with Crippen LogP contribution < -0.4 is 4.74 Å². The molecule has 0 N–H and O–H groups in total. The van der Waals surface area contributed by atoms with Crippen LogP contribution in [0.15, 0.2) is 24.3 Å². The van der Waals surface area contributed by atoms with E-state index in [1.54, 1.807) is 45.2 Å². The predicted molar refractivity (Wildman–Crippen MR) is 68.6 cm³/mol. The SMILES string of the molecule is CCOC(=O)c1c(C)nnn1-c1ccc(OC)cc1. The predicted octanol–water partition coefficient (Wildman–Crippen LogP) is 1.76. The number of carbonyl (C=O) groups excluding carboxylic acids is 1. The van der Waals surface area contributed by atoms with Gasteiger partial charge in [0.1, 0.15) is 5.75 Å². The number of hydrogen-bond donors (Lipinski definition) is 0. The Bertz CT molecular complexity index is 575. The van der Waals surface area contributed by atoms with E-state index in [2.05, 4.69) is 10.3 Å². The fourth-order valence-electron chi connectivity index (χ4n) is 1.69. The van der Waals surface area contributed by atoms with Gasteiger partial charge in [-0.3, -0.25) is 0 Å². The maximum Gasteiger partial charge on any atom is 0.359 e. The number of aryl methyl sites for hydroxylation is 1. The van der Waals surface area contributed by atoms with Gasteiger partial charge in [-0.2, -0.15) is 0 Å². The van der Waals surface area contributed by atoms with Gasteiger partial charge in [0, 0.05) is 0 Å². The minimum Gasteiger partial charge on any atom is -0.497 e. The summed E-state index contributed by atoms with van der Waals surface area (Å²) < 4.78 is 11.6. The van der Waals surface area contributed by atoms with Crippen LogP contribution in [0.5, 0.6) is 5.75 Å². The lowest BCUT2D eigenvalue weighted by Crippen LogP contribution is -2.13.